The Hall–Kier alpha value is -2.99. The molecule has 6 nitrogen and oxygen atoms in total. The van der Waals surface area contributed by atoms with Crippen molar-refractivity contribution in [1.82, 2.24) is 24.6 Å². The SMILES string of the molecule is O=C1N(Cc2cccnc2)C[C@@H]2C[C@@H](c3cccc(-n4cccn4)c3)N3CCC[C@@]123. The van der Waals surface area contributed by atoms with Crippen molar-refractivity contribution in [3.05, 3.63) is 78.4 Å². The first-order valence-electron chi connectivity index (χ1n) is 10.8. The van der Waals surface area contributed by atoms with Crippen LogP contribution >= 0.6 is 0 Å². The van der Waals surface area contributed by atoms with Crippen molar-refractivity contribution in [1.29, 1.82) is 0 Å². The number of rotatable bonds is 4. The maximum Gasteiger partial charge on any atom is 0.243 e. The van der Waals surface area contributed by atoms with E-state index in [1.54, 1.807) is 12.4 Å². The molecule has 3 aliphatic heterocycles. The number of aromatic nitrogens is 3. The molecular formula is C24H25N5O. The van der Waals surface area contributed by atoms with Crippen molar-refractivity contribution < 1.29 is 4.79 Å². The number of amides is 1. The lowest BCUT2D eigenvalue weighted by Crippen LogP contribution is -2.49. The van der Waals surface area contributed by atoms with Gasteiger partial charge in [0.1, 0.15) is 5.54 Å². The smallest absolute Gasteiger partial charge is 0.243 e. The number of benzene rings is 1. The van der Waals surface area contributed by atoms with Gasteiger partial charge >= 0.3 is 0 Å². The van der Waals surface area contributed by atoms with Crippen LogP contribution in [0.1, 0.15) is 36.4 Å². The molecular weight excluding hydrogens is 374 g/mol. The normalized spacial score (nSPS) is 28.1. The fourth-order valence-corrected chi connectivity index (χ4v) is 6.04. The summed E-state index contributed by atoms with van der Waals surface area (Å²) in [6, 6.07) is 14.9. The minimum Gasteiger partial charge on any atom is -0.336 e. The largest absolute Gasteiger partial charge is 0.336 e. The molecule has 0 N–H and O–H groups in total. The Morgan fingerprint density at radius 2 is 2.10 bits per heavy atom. The predicted molar refractivity (Wildman–Crippen MR) is 113 cm³/mol. The Labute approximate surface area is 176 Å². The van der Waals surface area contributed by atoms with Gasteiger partial charge in [-0.15, -0.1) is 0 Å². The summed E-state index contributed by atoms with van der Waals surface area (Å²) in [6.07, 6.45) is 10.5. The van der Waals surface area contributed by atoms with Gasteiger partial charge in [0.25, 0.3) is 0 Å². The number of likely N-dealkylation sites (tertiary alicyclic amines) is 1. The number of hydrogen-bond donors (Lipinski definition) is 0. The maximum absolute atomic E-state index is 13.7. The third-order valence-electron chi connectivity index (χ3n) is 7.25. The second kappa shape index (κ2) is 6.77. The molecule has 152 valence electrons. The van der Waals surface area contributed by atoms with Gasteiger partial charge in [0.15, 0.2) is 0 Å². The van der Waals surface area contributed by atoms with E-state index in [0.717, 1.165) is 43.6 Å². The third kappa shape index (κ3) is 2.56. The molecule has 0 saturated carbocycles. The van der Waals surface area contributed by atoms with Crippen LogP contribution in [-0.4, -0.2) is 49.1 Å². The van der Waals surface area contributed by atoms with Gasteiger partial charge in [0.05, 0.1) is 5.69 Å². The Bertz CT molecular complexity index is 1070. The Morgan fingerprint density at radius 1 is 1.13 bits per heavy atom. The highest BCUT2D eigenvalue weighted by molar-refractivity contribution is 5.90. The van der Waals surface area contributed by atoms with Gasteiger partial charge in [-0.2, -0.15) is 5.10 Å². The van der Waals surface area contributed by atoms with Crippen LogP contribution in [0.2, 0.25) is 0 Å². The standard InChI is InChI=1S/C24H25N5O/c30-23-24-8-3-11-28(24)22(19-6-1-7-21(13-19)29-12-4-10-26-29)14-20(24)17-27(23)16-18-5-2-9-25-15-18/h1-2,4-7,9-10,12-13,15,20,22H,3,8,11,14,16-17H2/t20-,22-,24-/m0/s1. The van der Waals surface area contributed by atoms with E-state index in [9.17, 15) is 4.79 Å². The van der Waals surface area contributed by atoms with Gasteiger partial charge < -0.3 is 4.90 Å². The number of nitrogens with zero attached hydrogens (tertiary/aromatic N) is 5. The van der Waals surface area contributed by atoms with Gasteiger partial charge in [-0.25, -0.2) is 4.68 Å². The first-order valence-corrected chi connectivity index (χ1v) is 10.8. The third-order valence-corrected chi connectivity index (χ3v) is 7.25. The van der Waals surface area contributed by atoms with Crippen LogP contribution in [-0.2, 0) is 11.3 Å². The quantitative estimate of drug-likeness (QED) is 0.676. The Balaban J connectivity index is 1.29. The number of carbonyl (C=O) groups excluding carboxylic acids is 1. The topological polar surface area (TPSA) is 54.3 Å². The van der Waals surface area contributed by atoms with Crippen LogP contribution in [0.25, 0.3) is 5.69 Å². The van der Waals surface area contributed by atoms with Gasteiger partial charge in [-0.05, 0) is 61.2 Å². The lowest BCUT2D eigenvalue weighted by molar-refractivity contribution is -0.137. The van der Waals surface area contributed by atoms with E-state index in [-0.39, 0.29) is 5.54 Å². The zero-order valence-corrected chi connectivity index (χ0v) is 16.9. The van der Waals surface area contributed by atoms with Crippen LogP contribution in [0, 0.1) is 5.92 Å². The molecule has 0 radical (unpaired) electrons. The fraction of sp³-hybridized carbons (Fsp3) is 0.375. The van der Waals surface area contributed by atoms with E-state index in [2.05, 4.69) is 50.2 Å². The zero-order chi connectivity index (χ0) is 20.1. The molecule has 3 fully saturated rings. The summed E-state index contributed by atoms with van der Waals surface area (Å²) >= 11 is 0. The molecule has 1 aromatic carbocycles. The molecule has 2 aromatic heterocycles. The second-order valence-corrected chi connectivity index (χ2v) is 8.76. The molecule has 5 heterocycles. The molecule has 0 aliphatic carbocycles. The summed E-state index contributed by atoms with van der Waals surface area (Å²) in [6.45, 7) is 2.51. The monoisotopic (exact) mass is 399 g/mol. The minimum absolute atomic E-state index is 0.303. The second-order valence-electron chi connectivity index (χ2n) is 8.76. The predicted octanol–water partition coefficient (Wildman–Crippen LogP) is 3.21. The summed E-state index contributed by atoms with van der Waals surface area (Å²) in [5.41, 5.74) is 3.17. The van der Waals surface area contributed by atoms with E-state index >= 15 is 0 Å². The van der Waals surface area contributed by atoms with Crippen LogP contribution in [0.3, 0.4) is 0 Å². The maximum atomic E-state index is 13.7. The highest BCUT2D eigenvalue weighted by Crippen LogP contribution is 2.56. The summed E-state index contributed by atoms with van der Waals surface area (Å²) in [5, 5.41) is 4.38. The average Bonchev–Trinajstić information content (AvgIpc) is 3.54. The molecule has 6 rings (SSSR count). The van der Waals surface area contributed by atoms with Crippen molar-refractivity contribution in [2.24, 2.45) is 5.92 Å². The average molecular weight is 399 g/mol. The van der Waals surface area contributed by atoms with Gasteiger partial charge in [0.2, 0.25) is 5.91 Å². The Kier molecular flexibility index (Phi) is 4.03. The summed E-state index contributed by atoms with van der Waals surface area (Å²) in [4.78, 5) is 22.5. The van der Waals surface area contributed by atoms with E-state index < -0.39 is 0 Å². The number of pyridine rings is 1. The lowest BCUT2D eigenvalue weighted by atomic mass is 9.85. The zero-order valence-electron chi connectivity index (χ0n) is 16.9. The molecule has 3 aromatic rings. The highest BCUT2D eigenvalue weighted by atomic mass is 16.2. The van der Waals surface area contributed by atoms with Crippen LogP contribution in [0.15, 0.2) is 67.3 Å². The van der Waals surface area contributed by atoms with Crippen LogP contribution < -0.4 is 0 Å². The molecule has 3 atom stereocenters. The number of hydrogen-bond acceptors (Lipinski definition) is 4. The molecule has 3 aliphatic rings. The molecule has 1 spiro atoms. The van der Waals surface area contributed by atoms with Crippen molar-refractivity contribution in [2.45, 2.75) is 37.4 Å². The summed E-state index contributed by atoms with van der Waals surface area (Å²) in [7, 11) is 0. The fourth-order valence-electron chi connectivity index (χ4n) is 6.04. The van der Waals surface area contributed by atoms with Gasteiger partial charge in [-0.1, -0.05) is 18.2 Å². The highest BCUT2D eigenvalue weighted by Gasteiger charge is 2.65. The molecule has 3 saturated heterocycles. The molecule has 1 amide bonds. The van der Waals surface area contributed by atoms with E-state index in [1.165, 1.54) is 5.56 Å². The van der Waals surface area contributed by atoms with Gasteiger partial charge in [-0.3, -0.25) is 14.7 Å². The van der Waals surface area contributed by atoms with Gasteiger partial charge in [0, 0.05) is 49.8 Å². The van der Waals surface area contributed by atoms with E-state index in [1.807, 2.05) is 29.2 Å². The minimum atomic E-state index is -0.311. The first kappa shape index (κ1) is 17.8. The van der Waals surface area contributed by atoms with Crippen molar-refractivity contribution >= 4 is 5.91 Å². The molecule has 6 heteroatoms. The lowest BCUT2D eigenvalue weighted by Gasteiger charge is -2.33. The molecule has 30 heavy (non-hydrogen) atoms. The van der Waals surface area contributed by atoms with Crippen molar-refractivity contribution in [3.63, 3.8) is 0 Å². The Morgan fingerprint density at radius 3 is 2.93 bits per heavy atom. The van der Waals surface area contributed by atoms with E-state index in [0.29, 0.717) is 24.4 Å². The van der Waals surface area contributed by atoms with Crippen molar-refractivity contribution in [2.75, 3.05) is 13.1 Å². The summed E-state index contributed by atoms with van der Waals surface area (Å²) in [5.74, 6) is 0.710. The van der Waals surface area contributed by atoms with Crippen molar-refractivity contribution in [3.8, 4) is 5.69 Å². The molecule has 0 unspecified atom stereocenters. The summed E-state index contributed by atoms with van der Waals surface area (Å²) < 4.78 is 1.90. The van der Waals surface area contributed by atoms with Crippen LogP contribution in [0.5, 0.6) is 0 Å². The molecule has 0 bridgehead atoms. The number of carbonyl (C=O) groups is 1. The van der Waals surface area contributed by atoms with Crippen LogP contribution in [0.4, 0.5) is 0 Å². The first-order chi connectivity index (χ1) is 14.8. The van der Waals surface area contributed by atoms with E-state index in [4.69, 9.17) is 0 Å².